The van der Waals surface area contributed by atoms with Crippen molar-refractivity contribution in [2.75, 3.05) is 18.1 Å². The molecule has 0 bridgehead atoms. The number of hydrogen-bond acceptors (Lipinski definition) is 3. The molecule has 1 rings (SSSR count). The van der Waals surface area contributed by atoms with E-state index in [1.807, 2.05) is 11.8 Å². The number of thioether (sulfide) groups is 1. The fourth-order valence-electron chi connectivity index (χ4n) is 1.05. The van der Waals surface area contributed by atoms with Crippen LogP contribution in [0.5, 0.6) is 0 Å². The third-order valence-corrected chi connectivity index (χ3v) is 2.94. The summed E-state index contributed by atoms with van der Waals surface area (Å²) >= 11 is 1.91. The van der Waals surface area contributed by atoms with Crippen LogP contribution in [0.15, 0.2) is 0 Å². The minimum atomic E-state index is -0.250. The molecule has 1 fully saturated rings. The van der Waals surface area contributed by atoms with Gasteiger partial charge in [-0.2, -0.15) is 11.8 Å². The molecule has 2 unspecified atom stereocenters. The quantitative estimate of drug-likeness (QED) is 0.580. The normalized spacial score (nSPS) is 30.7. The van der Waals surface area contributed by atoms with Crippen LogP contribution in [-0.4, -0.2) is 29.3 Å². The van der Waals surface area contributed by atoms with Crippen LogP contribution in [0, 0.1) is 5.92 Å². The van der Waals surface area contributed by atoms with Crippen LogP contribution in [0.3, 0.4) is 0 Å². The Hall–Kier alpha value is 0.270. The number of aliphatic hydroxyl groups is 1. The van der Waals surface area contributed by atoms with Crippen molar-refractivity contribution < 1.29 is 5.11 Å². The summed E-state index contributed by atoms with van der Waals surface area (Å²) in [7, 11) is 0. The number of nitrogens with two attached hydrogens (primary N) is 1. The van der Waals surface area contributed by atoms with E-state index in [1.165, 1.54) is 5.75 Å². The highest BCUT2D eigenvalue weighted by Crippen LogP contribution is 2.25. The molecule has 9 heavy (non-hydrogen) atoms. The number of aliphatic hydroxyl groups excluding tert-OH is 1. The summed E-state index contributed by atoms with van der Waals surface area (Å²) in [5.41, 5.74) is 5.29. The zero-order valence-corrected chi connectivity index (χ0v) is 6.23. The summed E-state index contributed by atoms with van der Waals surface area (Å²) in [5, 5.41) is 9.22. The number of hydrogen-bond donors (Lipinski definition) is 2. The lowest BCUT2D eigenvalue weighted by molar-refractivity contribution is 0.128. The first kappa shape index (κ1) is 7.38. The predicted octanol–water partition coefficient (Wildman–Crippen LogP) is 0.0591. The van der Waals surface area contributed by atoms with E-state index in [-0.39, 0.29) is 6.10 Å². The third kappa shape index (κ3) is 1.85. The van der Waals surface area contributed by atoms with Crippen molar-refractivity contribution in [3.63, 3.8) is 0 Å². The van der Waals surface area contributed by atoms with E-state index in [1.54, 1.807) is 0 Å². The average Bonchev–Trinajstić information content (AvgIpc) is 2.37. The topological polar surface area (TPSA) is 46.2 Å². The summed E-state index contributed by atoms with van der Waals surface area (Å²) in [6.07, 6.45) is 0.892. The van der Waals surface area contributed by atoms with Gasteiger partial charge >= 0.3 is 0 Å². The highest BCUT2D eigenvalue weighted by Gasteiger charge is 2.21. The fourth-order valence-corrected chi connectivity index (χ4v) is 2.38. The predicted molar refractivity (Wildman–Crippen MR) is 40.5 cm³/mol. The first-order valence-electron chi connectivity index (χ1n) is 3.30. The molecule has 0 aliphatic carbocycles. The van der Waals surface area contributed by atoms with Gasteiger partial charge in [-0.25, -0.2) is 0 Å². The van der Waals surface area contributed by atoms with Crippen molar-refractivity contribution in [2.45, 2.75) is 12.5 Å². The van der Waals surface area contributed by atoms with E-state index in [0.717, 1.165) is 12.2 Å². The lowest BCUT2D eigenvalue weighted by atomic mass is 10.0. The lowest BCUT2D eigenvalue weighted by Gasteiger charge is -2.13. The van der Waals surface area contributed by atoms with Gasteiger partial charge < -0.3 is 10.8 Å². The molecular weight excluding hydrogens is 134 g/mol. The average molecular weight is 147 g/mol. The van der Waals surface area contributed by atoms with Crippen LogP contribution < -0.4 is 5.73 Å². The van der Waals surface area contributed by atoms with E-state index in [9.17, 15) is 5.11 Å². The fraction of sp³-hybridized carbons (Fsp3) is 1.00. The Kier molecular flexibility index (Phi) is 2.82. The Morgan fingerprint density at radius 3 is 3.00 bits per heavy atom. The van der Waals surface area contributed by atoms with Crippen LogP contribution in [0.1, 0.15) is 6.42 Å². The largest absolute Gasteiger partial charge is 0.391 e. The second-order valence-corrected chi connectivity index (χ2v) is 3.58. The van der Waals surface area contributed by atoms with Crippen LogP contribution in [0.25, 0.3) is 0 Å². The van der Waals surface area contributed by atoms with E-state index in [4.69, 9.17) is 5.73 Å². The smallest absolute Gasteiger partial charge is 0.0698 e. The van der Waals surface area contributed by atoms with E-state index in [0.29, 0.717) is 12.5 Å². The van der Waals surface area contributed by atoms with Gasteiger partial charge in [0, 0.05) is 6.54 Å². The summed E-state index contributed by atoms with van der Waals surface area (Å²) in [6.45, 7) is 0.422. The standard InChI is InChI=1S/C6H13NOS/c7-3-6(8)5-1-2-9-4-5/h5-6,8H,1-4,7H2. The molecule has 1 saturated heterocycles. The summed E-state index contributed by atoms with van der Waals surface area (Å²) in [6, 6.07) is 0. The highest BCUT2D eigenvalue weighted by atomic mass is 32.2. The van der Waals surface area contributed by atoms with E-state index in [2.05, 4.69) is 0 Å². The van der Waals surface area contributed by atoms with Gasteiger partial charge in [0.05, 0.1) is 6.10 Å². The second kappa shape index (κ2) is 3.44. The zero-order valence-electron chi connectivity index (χ0n) is 5.42. The Morgan fingerprint density at radius 2 is 2.56 bits per heavy atom. The highest BCUT2D eigenvalue weighted by molar-refractivity contribution is 7.99. The van der Waals surface area contributed by atoms with Crippen molar-refractivity contribution in [3.8, 4) is 0 Å². The maximum Gasteiger partial charge on any atom is 0.0698 e. The van der Waals surface area contributed by atoms with Gasteiger partial charge in [0.1, 0.15) is 0 Å². The molecule has 0 aromatic carbocycles. The van der Waals surface area contributed by atoms with Gasteiger partial charge in [-0.05, 0) is 23.8 Å². The Labute approximate surface area is 59.8 Å². The minimum absolute atomic E-state index is 0.250. The molecule has 3 heteroatoms. The molecule has 0 amide bonds. The SMILES string of the molecule is NCC(O)C1CCSC1. The third-order valence-electron chi connectivity index (χ3n) is 1.75. The maximum atomic E-state index is 9.22. The Morgan fingerprint density at radius 1 is 1.78 bits per heavy atom. The van der Waals surface area contributed by atoms with Crippen molar-refractivity contribution >= 4 is 11.8 Å². The van der Waals surface area contributed by atoms with Crippen LogP contribution in [0.4, 0.5) is 0 Å². The van der Waals surface area contributed by atoms with Crippen molar-refractivity contribution in [1.29, 1.82) is 0 Å². The van der Waals surface area contributed by atoms with Crippen molar-refractivity contribution in [1.82, 2.24) is 0 Å². The van der Waals surface area contributed by atoms with Gasteiger partial charge in [-0.3, -0.25) is 0 Å². The summed E-state index contributed by atoms with van der Waals surface area (Å²) in [5.74, 6) is 2.76. The zero-order chi connectivity index (χ0) is 6.69. The van der Waals surface area contributed by atoms with Gasteiger partial charge in [-0.15, -0.1) is 0 Å². The van der Waals surface area contributed by atoms with Gasteiger partial charge in [-0.1, -0.05) is 0 Å². The molecule has 0 aromatic rings. The minimum Gasteiger partial charge on any atom is -0.391 e. The summed E-state index contributed by atoms with van der Waals surface area (Å²) < 4.78 is 0. The molecule has 2 nitrogen and oxygen atoms in total. The Balaban J connectivity index is 2.24. The molecule has 54 valence electrons. The second-order valence-electron chi connectivity index (χ2n) is 2.43. The maximum absolute atomic E-state index is 9.22. The first-order valence-corrected chi connectivity index (χ1v) is 4.46. The molecular formula is C6H13NOS. The van der Waals surface area contributed by atoms with Gasteiger partial charge in [0.2, 0.25) is 0 Å². The lowest BCUT2D eigenvalue weighted by Crippen LogP contribution is -2.28. The molecule has 0 aromatic heterocycles. The van der Waals surface area contributed by atoms with E-state index < -0.39 is 0 Å². The van der Waals surface area contributed by atoms with Crippen molar-refractivity contribution in [3.05, 3.63) is 0 Å². The first-order chi connectivity index (χ1) is 4.34. The van der Waals surface area contributed by atoms with E-state index >= 15 is 0 Å². The summed E-state index contributed by atoms with van der Waals surface area (Å²) in [4.78, 5) is 0. The molecule has 0 radical (unpaired) electrons. The molecule has 0 saturated carbocycles. The van der Waals surface area contributed by atoms with Crippen LogP contribution in [-0.2, 0) is 0 Å². The van der Waals surface area contributed by atoms with Crippen molar-refractivity contribution in [2.24, 2.45) is 11.7 Å². The molecule has 1 aliphatic heterocycles. The molecule has 1 heterocycles. The van der Waals surface area contributed by atoms with Crippen LogP contribution >= 0.6 is 11.8 Å². The molecule has 2 atom stereocenters. The molecule has 1 aliphatic rings. The van der Waals surface area contributed by atoms with Gasteiger partial charge in [0.25, 0.3) is 0 Å². The molecule has 3 N–H and O–H groups in total. The van der Waals surface area contributed by atoms with Crippen LogP contribution in [0.2, 0.25) is 0 Å². The Bertz CT molecular complexity index is 83.1. The monoisotopic (exact) mass is 147 g/mol. The molecule has 0 spiro atoms. The van der Waals surface area contributed by atoms with Gasteiger partial charge in [0.15, 0.2) is 0 Å². The number of rotatable bonds is 2.